The lowest BCUT2D eigenvalue weighted by Gasteiger charge is -2.22. The van der Waals surface area contributed by atoms with Gasteiger partial charge in [0.15, 0.2) is 11.5 Å². The summed E-state index contributed by atoms with van der Waals surface area (Å²) in [7, 11) is 0. The zero-order valence-corrected chi connectivity index (χ0v) is 11.0. The summed E-state index contributed by atoms with van der Waals surface area (Å²) >= 11 is 1.64. The van der Waals surface area contributed by atoms with Gasteiger partial charge < -0.3 is 14.6 Å². The van der Waals surface area contributed by atoms with Gasteiger partial charge in [0.1, 0.15) is 13.2 Å². The number of thioether (sulfide) groups is 1. The molecule has 1 aromatic rings. The van der Waals surface area contributed by atoms with E-state index in [1.165, 1.54) is 0 Å². The number of benzene rings is 1. The molecule has 0 spiro atoms. The summed E-state index contributed by atoms with van der Waals surface area (Å²) in [5, 5.41) is 9.95. The van der Waals surface area contributed by atoms with Crippen LogP contribution in [0.1, 0.15) is 20.3 Å². The zero-order chi connectivity index (χ0) is 12.3. The van der Waals surface area contributed by atoms with Crippen LogP contribution in [0, 0.1) is 0 Å². The second-order valence-corrected chi connectivity index (χ2v) is 5.49. The van der Waals surface area contributed by atoms with Crippen molar-refractivity contribution in [2.45, 2.75) is 30.8 Å². The molecule has 4 heteroatoms. The molecule has 0 radical (unpaired) electrons. The molecule has 1 atom stereocenters. The molecule has 0 aromatic heterocycles. The number of ether oxygens (including phenoxy) is 2. The van der Waals surface area contributed by atoms with Crippen molar-refractivity contribution in [3.63, 3.8) is 0 Å². The normalized spacial score (nSPS) is 17.6. The Morgan fingerprint density at radius 3 is 2.71 bits per heavy atom. The van der Waals surface area contributed by atoms with Gasteiger partial charge in [-0.25, -0.2) is 0 Å². The number of rotatable bonds is 4. The van der Waals surface area contributed by atoms with Crippen LogP contribution in [0.4, 0.5) is 0 Å². The van der Waals surface area contributed by atoms with E-state index in [0.29, 0.717) is 19.0 Å². The fourth-order valence-corrected chi connectivity index (χ4v) is 2.49. The highest BCUT2D eigenvalue weighted by Crippen LogP contribution is 2.35. The molecule has 1 N–H and O–H groups in total. The van der Waals surface area contributed by atoms with Gasteiger partial charge in [-0.05, 0) is 31.5 Å². The van der Waals surface area contributed by atoms with Crippen molar-refractivity contribution in [2.24, 2.45) is 0 Å². The molecule has 0 fully saturated rings. The highest BCUT2D eigenvalue weighted by atomic mass is 32.2. The molecular formula is C13H18O3S. The predicted molar refractivity (Wildman–Crippen MR) is 69.1 cm³/mol. The number of hydrogen-bond donors (Lipinski definition) is 1. The monoisotopic (exact) mass is 254 g/mol. The first-order valence-corrected chi connectivity index (χ1v) is 6.84. The molecule has 0 saturated carbocycles. The molecule has 1 heterocycles. The van der Waals surface area contributed by atoms with Crippen molar-refractivity contribution in [1.82, 2.24) is 0 Å². The Morgan fingerprint density at radius 2 is 2.00 bits per heavy atom. The Hall–Kier alpha value is -0.870. The lowest BCUT2D eigenvalue weighted by atomic mass is 10.1. The Balaban J connectivity index is 2.02. The van der Waals surface area contributed by atoms with Gasteiger partial charge in [-0.1, -0.05) is 6.92 Å². The van der Waals surface area contributed by atoms with Crippen molar-refractivity contribution in [1.29, 1.82) is 0 Å². The molecule has 0 saturated heterocycles. The third-order valence-electron chi connectivity index (χ3n) is 2.83. The fourth-order valence-electron chi connectivity index (χ4n) is 1.45. The first-order valence-electron chi connectivity index (χ1n) is 5.85. The van der Waals surface area contributed by atoms with Gasteiger partial charge in [0.25, 0.3) is 0 Å². The summed E-state index contributed by atoms with van der Waals surface area (Å²) in [5.41, 5.74) is -0.613. The fraction of sp³-hybridized carbons (Fsp3) is 0.538. The van der Waals surface area contributed by atoms with E-state index in [1.807, 2.05) is 32.0 Å². The lowest BCUT2D eigenvalue weighted by Crippen LogP contribution is -2.25. The van der Waals surface area contributed by atoms with Crippen LogP contribution in [0.2, 0.25) is 0 Å². The van der Waals surface area contributed by atoms with Crippen LogP contribution in [0.15, 0.2) is 23.1 Å². The highest BCUT2D eigenvalue weighted by Gasteiger charge is 2.18. The van der Waals surface area contributed by atoms with Gasteiger partial charge in [-0.2, -0.15) is 0 Å². The van der Waals surface area contributed by atoms with Crippen LogP contribution in [0.5, 0.6) is 11.5 Å². The van der Waals surface area contributed by atoms with Gasteiger partial charge in [0.05, 0.1) is 5.60 Å². The summed E-state index contributed by atoms with van der Waals surface area (Å²) < 4.78 is 11.0. The number of hydrogen-bond acceptors (Lipinski definition) is 4. The van der Waals surface area contributed by atoms with Crippen LogP contribution in [0.3, 0.4) is 0 Å². The molecule has 3 nitrogen and oxygen atoms in total. The van der Waals surface area contributed by atoms with Gasteiger partial charge in [-0.3, -0.25) is 0 Å². The van der Waals surface area contributed by atoms with Crippen molar-refractivity contribution in [3.05, 3.63) is 18.2 Å². The summed E-state index contributed by atoms with van der Waals surface area (Å²) in [4.78, 5) is 1.10. The van der Waals surface area contributed by atoms with Crippen LogP contribution in [0.25, 0.3) is 0 Å². The number of fused-ring (bicyclic) bond motifs is 1. The molecule has 2 rings (SSSR count). The molecule has 0 aliphatic carbocycles. The van der Waals surface area contributed by atoms with Gasteiger partial charge in [0, 0.05) is 10.6 Å². The van der Waals surface area contributed by atoms with E-state index in [0.717, 1.165) is 22.8 Å². The number of aliphatic hydroxyl groups is 1. The first-order chi connectivity index (χ1) is 8.11. The van der Waals surface area contributed by atoms with E-state index in [1.54, 1.807) is 11.8 Å². The second kappa shape index (κ2) is 5.19. The van der Waals surface area contributed by atoms with Gasteiger partial charge in [-0.15, -0.1) is 11.8 Å². The highest BCUT2D eigenvalue weighted by molar-refractivity contribution is 7.99. The molecule has 0 amide bonds. The minimum absolute atomic E-state index is 0.605. The topological polar surface area (TPSA) is 38.7 Å². The minimum Gasteiger partial charge on any atom is -0.486 e. The maximum atomic E-state index is 9.95. The third kappa shape index (κ3) is 3.30. The van der Waals surface area contributed by atoms with Crippen LogP contribution in [-0.4, -0.2) is 29.7 Å². The summed E-state index contributed by atoms with van der Waals surface area (Å²) in [6.45, 7) is 5.07. The lowest BCUT2D eigenvalue weighted by molar-refractivity contribution is 0.0816. The molecule has 1 aliphatic rings. The summed E-state index contributed by atoms with van der Waals surface area (Å²) in [6.07, 6.45) is 0.755. The second-order valence-electron chi connectivity index (χ2n) is 4.44. The van der Waals surface area contributed by atoms with E-state index in [2.05, 4.69) is 0 Å². The van der Waals surface area contributed by atoms with E-state index in [-0.39, 0.29) is 0 Å². The standard InChI is InChI=1S/C13H18O3S/c1-3-13(2,14)9-17-10-4-5-11-12(8-10)16-7-6-15-11/h4-5,8,14H,3,6-7,9H2,1-2H3. The maximum absolute atomic E-state index is 9.95. The quantitative estimate of drug-likeness (QED) is 0.839. The smallest absolute Gasteiger partial charge is 0.162 e. The average molecular weight is 254 g/mol. The maximum Gasteiger partial charge on any atom is 0.162 e. The Labute approximate surface area is 106 Å². The molecule has 1 aliphatic heterocycles. The average Bonchev–Trinajstić information content (AvgIpc) is 2.36. The van der Waals surface area contributed by atoms with Crippen LogP contribution < -0.4 is 9.47 Å². The first kappa shape index (κ1) is 12.6. The van der Waals surface area contributed by atoms with E-state index in [9.17, 15) is 5.11 Å². The molecule has 1 aromatic carbocycles. The zero-order valence-electron chi connectivity index (χ0n) is 10.2. The van der Waals surface area contributed by atoms with Crippen LogP contribution in [-0.2, 0) is 0 Å². The van der Waals surface area contributed by atoms with Crippen molar-refractivity contribution in [2.75, 3.05) is 19.0 Å². The molecule has 1 unspecified atom stereocenters. The van der Waals surface area contributed by atoms with E-state index < -0.39 is 5.60 Å². The van der Waals surface area contributed by atoms with Crippen molar-refractivity contribution < 1.29 is 14.6 Å². The molecular weight excluding hydrogens is 236 g/mol. The Morgan fingerprint density at radius 1 is 1.29 bits per heavy atom. The van der Waals surface area contributed by atoms with Gasteiger partial charge in [0.2, 0.25) is 0 Å². The third-order valence-corrected chi connectivity index (χ3v) is 4.18. The van der Waals surface area contributed by atoms with Gasteiger partial charge >= 0.3 is 0 Å². The van der Waals surface area contributed by atoms with E-state index >= 15 is 0 Å². The Bertz CT molecular complexity index is 390. The SMILES string of the molecule is CCC(C)(O)CSc1ccc2c(c1)OCCO2. The summed E-state index contributed by atoms with van der Waals surface area (Å²) in [5.74, 6) is 2.30. The minimum atomic E-state index is -0.613. The van der Waals surface area contributed by atoms with E-state index in [4.69, 9.17) is 9.47 Å². The van der Waals surface area contributed by atoms with Crippen molar-refractivity contribution >= 4 is 11.8 Å². The Kier molecular flexibility index (Phi) is 3.84. The predicted octanol–water partition coefficient (Wildman–Crippen LogP) is 2.71. The summed E-state index contributed by atoms with van der Waals surface area (Å²) in [6, 6.07) is 5.91. The molecule has 0 bridgehead atoms. The van der Waals surface area contributed by atoms with Crippen LogP contribution >= 0.6 is 11.8 Å². The molecule has 94 valence electrons. The van der Waals surface area contributed by atoms with Crippen molar-refractivity contribution in [3.8, 4) is 11.5 Å². The molecule has 17 heavy (non-hydrogen) atoms. The largest absolute Gasteiger partial charge is 0.486 e.